The van der Waals surface area contributed by atoms with Gasteiger partial charge in [0.1, 0.15) is 23.8 Å². The van der Waals surface area contributed by atoms with Gasteiger partial charge in [-0.25, -0.2) is 18.7 Å². The van der Waals surface area contributed by atoms with Crippen molar-refractivity contribution >= 4 is 11.7 Å². The van der Waals surface area contributed by atoms with E-state index >= 15 is 0 Å². The Bertz CT molecular complexity index is 757. The second-order valence-corrected chi connectivity index (χ2v) is 5.39. The largest absolute Gasteiger partial charge is 0.481 e. The van der Waals surface area contributed by atoms with Gasteiger partial charge in [-0.05, 0) is 18.2 Å². The number of nitrogens with zero attached hydrogens (tertiary/aromatic N) is 4. The minimum absolute atomic E-state index is 0.0450. The Balaban J connectivity index is 1.69. The van der Waals surface area contributed by atoms with Crippen LogP contribution in [0.15, 0.2) is 30.6 Å². The molecule has 0 unspecified atom stereocenters. The van der Waals surface area contributed by atoms with E-state index in [1.54, 1.807) is 11.0 Å². The minimum atomic E-state index is -0.523. The maximum atomic E-state index is 13.7. The van der Waals surface area contributed by atoms with Gasteiger partial charge in [0.15, 0.2) is 0 Å². The number of aromatic nitrogens is 2. The van der Waals surface area contributed by atoms with Crippen LogP contribution in [0.4, 0.5) is 14.6 Å². The van der Waals surface area contributed by atoms with Gasteiger partial charge in [-0.2, -0.15) is 0 Å². The van der Waals surface area contributed by atoms with Crippen LogP contribution in [0.2, 0.25) is 0 Å². The topological polar surface area (TPSA) is 58.6 Å². The first-order chi connectivity index (χ1) is 11.6. The summed E-state index contributed by atoms with van der Waals surface area (Å²) in [6, 6.07) is 4.89. The molecule has 1 aliphatic heterocycles. The highest BCUT2D eigenvalue weighted by molar-refractivity contribution is 5.82. The third-order valence-electron chi connectivity index (χ3n) is 3.85. The lowest BCUT2D eigenvalue weighted by Crippen LogP contribution is -2.50. The molecule has 1 fully saturated rings. The molecule has 0 aliphatic carbocycles. The van der Waals surface area contributed by atoms with Gasteiger partial charge in [-0.15, -0.1) is 0 Å². The molecule has 24 heavy (non-hydrogen) atoms. The normalized spacial score (nSPS) is 14.9. The van der Waals surface area contributed by atoms with Crippen LogP contribution in [0.25, 0.3) is 0 Å². The van der Waals surface area contributed by atoms with Crippen molar-refractivity contribution in [1.29, 1.82) is 0 Å². The molecule has 1 amide bonds. The highest BCUT2D eigenvalue weighted by Crippen LogP contribution is 2.19. The van der Waals surface area contributed by atoms with E-state index in [4.69, 9.17) is 4.74 Å². The molecule has 126 valence electrons. The Kier molecular flexibility index (Phi) is 4.54. The number of hydrogen-bond acceptors (Lipinski definition) is 5. The fourth-order valence-corrected chi connectivity index (χ4v) is 2.56. The first-order valence-corrected chi connectivity index (χ1v) is 7.39. The van der Waals surface area contributed by atoms with Gasteiger partial charge in [0.25, 0.3) is 0 Å². The van der Waals surface area contributed by atoms with Crippen molar-refractivity contribution in [2.24, 2.45) is 0 Å². The molecule has 1 saturated heterocycles. The zero-order valence-electron chi connectivity index (χ0n) is 13.1. The zero-order valence-corrected chi connectivity index (χ0v) is 13.1. The number of carbonyl (C=O) groups is 1. The molecule has 0 radical (unpaired) electrons. The first-order valence-electron chi connectivity index (χ1n) is 7.39. The summed E-state index contributed by atoms with van der Waals surface area (Å²) in [5.41, 5.74) is 0.167. The molecule has 2 heterocycles. The average Bonchev–Trinajstić information content (AvgIpc) is 2.60. The second kappa shape index (κ2) is 6.77. The average molecular weight is 334 g/mol. The standard InChI is InChI=1S/C16H16F2N4O2/c1-24-15-7-14(19-10-20-15)21-4-5-22(16(23)9-21)8-11-6-12(17)2-3-13(11)18/h2-3,6-7,10H,4-5,8-9H2,1H3. The van der Waals surface area contributed by atoms with E-state index in [9.17, 15) is 13.6 Å². The third kappa shape index (κ3) is 3.42. The van der Waals surface area contributed by atoms with E-state index in [2.05, 4.69) is 9.97 Å². The van der Waals surface area contributed by atoms with Crippen molar-refractivity contribution in [3.8, 4) is 5.88 Å². The third-order valence-corrected chi connectivity index (χ3v) is 3.85. The van der Waals surface area contributed by atoms with Crippen LogP contribution in [-0.2, 0) is 11.3 Å². The van der Waals surface area contributed by atoms with E-state index in [1.165, 1.54) is 18.3 Å². The molecule has 0 saturated carbocycles. The predicted molar refractivity (Wildman–Crippen MR) is 82.6 cm³/mol. The number of anilines is 1. The van der Waals surface area contributed by atoms with Gasteiger partial charge >= 0.3 is 0 Å². The lowest BCUT2D eigenvalue weighted by molar-refractivity contribution is -0.131. The van der Waals surface area contributed by atoms with Crippen LogP contribution < -0.4 is 9.64 Å². The fourth-order valence-electron chi connectivity index (χ4n) is 2.56. The first kappa shape index (κ1) is 16.1. The smallest absolute Gasteiger partial charge is 0.242 e. The molecule has 0 N–H and O–H groups in total. The number of amides is 1. The van der Waals surface area contributed by atoms with Crippen LogP contribution in [-0.4, -0.2) is 47.5 Å². The molecular formula is C16H16F2N4O2. The molecule has 3 rings (SSSR count). The molecule has 8 heteroatoms. The molecule has 2 aromatic rings. The van der Waals surface area contributed by atoms with Crippen molar-refractivity contribution in [3.05, 3.63) is 47.8 Å². The van der Waals surface area contributed by atoms with E-state index in [0.29, 0.717) is 24.8 Å². The summed E-state index contributed by atoms with van der Waals surface area (Å²) in [6.45, 7) is 1.07. The number of piperazine rings is 1. The summed E-state index contributed by atoms with van der Waals surface area (Å²) in [5.74, 6) is -0.219. The summed E-state index contributed by atoms with van der Waals surface area (Å²) in [7, 11) is 1.50. The van der Waals surface area contributed by atoms with E-state index in [0.717, 1.165) is 18.2 Å². The van der Waals surface area contributed by atoms with Crippen molar-refractivity contribution in [2.45, 2.75) is 6.54 Å². The number of hydrogen-bond donors (Lipinski definition) is 0. The lowest BCUT2D eigenvalue weighted by Gasteiger charge is -2.35. The van der Waals surface area contributed by atoms with E-state index < -0.39 is 11.6 Å². The van der Waals surface area contributed by atoms with Gasteiger partial charge in [-0.3, -0.25) is 4.79 Å². The van der Waals surface area contributed by atoms with Gasteiger partial charge in [0, 0.05) is 31.3 Å². The van der Waals surface area contributed by atoms with E-state index in [1.807, 2.05) is 0 Å². The minimum Gasteiger partial charge on any atom is -0.481 e. The fraction of sp³-hybridized carbons (Fsp3) is 0.312. The summed E-state index contributed by atoms with van der Waals surface area (Å²) in [4.78, 5) is 23.7. The number of halogens is 2. The monoisotopic (exact) mass is 334 g/mol. The Morgan fingerprint density at radius 3 is 2.79 bits per heavy atom. The van der Waals surface area contributed by atoms with Gasteiger partial charge in [0.2, 0.25) is 11.8 Å². The Labute approximate surface area is 137 Å². The van der Waals surface area contributed by atoms with E-state index in [-0.39, 0.29) is 24.6 Å². The number of ether oxygens (including phenoxy) is 1. The van der Waals surface area contributed by atoms with Crippen LogP contribution in [0.5, 0.6) is 5.88 Å². The van der Waals surface area contributed by atoms with Crippen LogP contribution in [0.3, 0.4) is 0 Å². The quantitative estimate of drug-likeness (QED) is 0.850. The summed E-state index contributed by atoms with van der Waals surface area (Å²) in [5, 5.41) is 0. The summed E-state index contributed by atoms with van der Waals surface area (Å²) in [6.07, 6.45) is 1.37. The van der Waals surface area contributed by atoms with Crippen molar-refractivity contribution in [1.82, 2.24) is 14.9 Å². The Morgan fingerprint density at radius 2 is 2.04 bits per heavy atom. The maximum absolute atomic E-state index is 13.7. The summed E-state index contributed by atoms with van der Waals surface area (Å²) >= 11 is 0. The SMILES string of the molecule is COc1cc(N2CCN(Cc3cc(F)ccc3F)C(=O)C2)ncn1. The Morgan fingerprint density at radius 1 is 1.21 bits per heavy atom. The van der Waals surface area contributed by atoms with Gasteiger partial charge in [-0.1, -0.05) is 0 Å². The zero-order chi connectivity index (χ0) is 17.1. The number of carbonyl (C=O) groups excluding carboxylic acids is 1. The molecule has 1 aliphatic rings. The molecule has 0 atom stereocenters. The predicted octanol–water partition coefficient (Wildman–Crippen LogP) is 1.61. The molecule has 0 spiro atoms. The number of benzene rings is 1. The molecule has 0 bridgehead atoms. The van der Waals surface area contributed by atoms with Crippen molar-refractivity contribution < 1.29 is 18.3 Å². The van der Waals surface area contributed by atoms with Crippen LogP contribution in [0, 0.1) is 11.6 Å². The lowest BCUT2D eigenvalue weighted by atomic mass is 10.1. The van der Waals surface area contributed by atoms with Crippen molar-refractivity contribution in [2.75, 3.05) is 31.6 Å². The highest BCUT2D eigenvalue weighted by atomic mass is 19.1. The van der Waals surface area contributed by atoms with Crippen molar-refractivity contribution in [3.63, 3.8) is 0 Å². The molecule has 1 aromatic carbocycles. The second-order valence-electron chi connectivity index (χ2n) is 5.39. The Hall–Kier alpha value is -2.77. The molecular weight excluding hydrogens is 318 g/mol. The van der Waals surface area contributed by atoms with Gasteiger partial charge < -0.3 is 14.5 Å². The highest BCUT2D eigenvalue weighted by Gasteiger charge is 2.26. The molecule has 6 nitrogen and oxygen atoms in total. The maximum Gasteiger partial charge on any atom is 0.242 e. The van der Waals surface area contributed by atoms with Gasteiger partial charge in [0.05, 0.1) is 13.7 Å². The number of rotatable bonds is 4. The number of methoxy groups -OCH3 is 1. The van der Waals surface area contributed by atoms with Crippen LogP contribution >= 0.6 is 0 Å². The summed E-state index contributed by atoms with van der Waals surface area (Å²) < 4.78 is 32.0. The van der Waals surface area contributed by atoms with Crippen LogP contribution in [0.1, 0.15) is 5.56 Å². The molecule has 1 aromatic heterocycles.